The number of nitrogens with zero attached hydrogens (tertiary/aromatic N) is 3. The van der Waals surface area contributed by atoms with Crippen molar-refractivity contribution in [3.8, 4) is 11.5 Å². The molecule has 0 bridgehead atoms. The molecule has 1 aliphatic heterocycles. The average Bonchev–Trinajstić information content (AvgIpc) is 3.35. The van der Waals surface area contributed by atoms with Gasteiger partial charge in [0.1, 0.15) is 12.1 Å². The number of amides is 1. The normalized spacial score (nSPS) is 18.2. The molecule has 1 saturated heterocycles. The van der Waals surface area contributed by atoms with Gasteiger partial charge in [0.2, 0.25) is 11.8 Å². The van der Waals surface area contributed by atoms with Crippen molar-refractivity contribution >= 4 is 21.6 Å². The third-order valence-corrected chi connectivity index (χ3v) is 6.34. The van der Waals surface area contributed by atoms with Crippen molar-refractivity contribution in [3.05, 3.63) is 54.0 Å². The van der Waals surface area contributed by atoms with Crippen LogP contribution in [-0.4, -0.2) is 40.6 Å². The van der Waals surface area contributed by atoms with Crippen LogP contribution in [0.3, 0.4) is 0 Å². The van der Waals surface area contributed by atoms with Gasteiger partial charge in [-0.15, -0.1) is 0 Å². The Kier molecular flexibility index (Phi) is 4.76. The number of oxazole rings is 1. The third kappa shape index (κ3) is 3.99. The summed E-state index contributed by atoms with van der Waals surface area (Å²) in [7, 11) is -3.05. The Morgan fingerprint density at radius 3 is 2.82 bits per heavy atom. The number of benzene rings is 1. The van der Waals surface area contributed by atoms with Crippen LogP contribution in [0.5, 0.6) is 0 Å². The summed E-state index contributed by atoms with van der Waals surface area (Å²) in [6.45, 7) is 1.80. The fraction of sp³-hybridized carbons (Fsp3) is 0.316. The van der Waals surface area contributed by atoms with Crippen molar-refractivity contribution in [1.29, 1.82) is 0 Å². The van der Waals surface area contributed by atoms with E-state index < -0.39 is 9.84 Å². The van der Waals surface area contributed by atoms with E-state index in [9.17, 15) is 13.2 Å². The van der Waals surface area contributed by atoms with Gasteiger partial charge in [-0.2, -0.15) is 5.10 Å². The number of hydrogen-bond acceptors (Lipinski definition) is 6. The van der Waals surface area contributed by atoms with E-state index in [0.29, 0.717) is 29.5 Å². The molecule has 0 aliphatic carbocycles. The highest BCUT2D eigenvalue weighted by Crippen LogP contribution is 2.27. The molecule has 3 aromatic rings. The van der Waals surface area contributed by atoms with E-state index in [1.165, 1.54) is 6.26 Å². The van der Waals surface area contributed by atoms with Gasteiger partial charge in [-0.3, -0.25) is 4.79 Å². The summed E-state index contributed by atoms with van der Waals surface area (Å²) in [6.07, 6.45) is 2.01. The SMILES string of the molecule is Cc1cc(NC(=O)Cc2coc(-c3ccccc3)n2)n(C2CCS(=O)(=O)C2)n1. The Hall–Kier alpha value is -2.94. The van der Waals surface area contributed by atoms with Crippen LogP contribution < -0.4 is 5.32 Å². The van der Waals surface area contributed by atoms with E-state index in [2.05, 4.69) is 15.4 Å². The third-order valence-electron chi connectivity index (χ3n) is 4.59. The molecule has 1 N–H and O–H groups in total. The zero-order valence-electron chi connectivity index (χ0n) is 15.3. The van der Waals surface area contributed by atoms with Crippen molar-refractivity contribution in [2.24, 2.45) is 0 Å². The van der Waals surface area contributed by atoms with Gasteiger partial charge >= 0.3 is 0 Å². The summed E-state index contributed by atoms with van der Waals surface area (Å²) < 4.78 is 30.6. The number of nitrogens with one attached hydrogen (secondary N) is 1. The Labute approximate surface area is 162 Å². The van der Waals surface area contributed by atoms with Crippen LogP contribution in [0.15, 0.2) is 47.1 Å². The fourth-order valence-corrected chi connectivity index (χ4v) is 5.00. The Morgan fingerprint density at radius 1 is 1.32 bits per heavy atom. The maximum atomic E-state index is 12.5. The van der Waals surface area contributed by atoms with Gasteiger partial charge in [-0.25, -0.2) is 18.1 Å². The van der Waals surface area contributed by atoms with Gasteiger partial charge in [-0.05, 0) is 25.5 Å². The molecule has 0 spiro atoms. The van der Waals surface area contributed by atoms with Crippen molar-refractivity contribution < 1.29 is 17.6 Å². The molecule has 1 fully saturated rings. The number of carbonyl (C=O) groups is 1. The average molecular weight is 400 g/mol. The topological polar surface area (TPSA) is 107 Å². The van der Waals surface area contributed by atoms with Gasteiger partial charge in [0, 0.05) is 11.6 Å². The zero-order chi connectivity index (χ0) is 19.7. The predicted octanol–water partition coefficient (Wildman–Crippen LogP) is 2.39. The van der Waals surface area contributed by atoms with Gasteiger partial charge < -0.3 is 9.73 Å². The minimum absolute atomic E-state index is 0.0424. The number of hydrogen-bond donors (Lipinski definition) is 1. The van der Waals surface area contributed by atoms with Gasteiger partial charge in [0.25, 0.3) is 0 Å². The molecule has 1 aliphatic rings. The maximum Gasteiger partial charge on any atom is 0.231 e. The van der Waals surface area contributed by atoms with E-state index in [1.54, 1.807) is 17.7 Å². The molecular weight excluding hydrogens is 380 g/mol. The first-order valence-corrected chi connectivity index (χ1v) is 10.8. The Balaban J connectivity index is 1.46. The van der Waals surface area contributed by atoms with Crippen molar-refractivity contribution in [2.45, 2.75) is 25.8 Å². The first kappa shape index (κ1) is 18.4. The van der Waals surface area contributed by atoms with E-state index >= 15 is 0 Å². The summed E-state index contributed by atoms with van der Waals surface area (Å²) in [5.41, 5.74) is 2.07. The summed E-state index contributed by atoms with van der Waals surface area (Å²) in [4.78, 5) is 16.8. The number of aryl methyl sites for hydroxylation is 1. The molecule has 146 valence electrons. The Bertz CT molecular complexity index is 1100. The largest absolute Gasteiger partial charge is 0.444 e. The van der Waals surface area contributed by atoms with Crippen molar-refractivity contribution in [3.63, 3.8) is 0 Å². The fourth-order valence-electron chi connectivity index (χ4n) is 3.31. The highest BCUT2D eigenvalue weighted by molar-refractivity contribution is 7.91. The van der Waals surface area contributed by atoms with Gasteiger partial charge in [-0.1, -0.05) is 18.2 Å². The van der Waals surface area contributed by atoms with E-state index in [4.69, 9.17) is 4.42 Å². The summed E-state index contributed by atoms with van der Waals surface area (Å²) in [5.74, 6) is 0.873. The number of carbonyl (C=O) groups excluding carboxylic acids is 1. The second-order valence-electron chi connectivity index (χ2n) is 6.91. The molecule has 9 heteroatoms. The smallest absolute Gasteiger partial charge is 0.231 e. The van der Waals surface area contributed by atoms with E-state index in [0.717, 1.165) is 5.56 Å². The highest BCUT2D eigenvalue weighted by atomic mass is 32.2. The molecule has 28 heavy (non-hydrogen) atoms. The molecule has 8 nitrogen and oxygen atoms in total. The van der Waals surface area contributed by atoms with Gasteiger partial charge in [0.05, 0.1) is 35.4 Å². The second kappa shape index (κ2) is 7.23. The Morgan fingerprint density at radius 2 is 2.11 bits per heavy atom. The molecule has 1 aromatic carbocycles. The van der Waals surface area contributed by atoms with Crippen molar-refractivity contribution in [1.82, 2.24) is 14.8 Å². The lowest BCUT2D eigenvalue weighted by molar-refractivity contribution is -0.115. The second-order valence-corrected chi connectivity index (χ2v) is 9.14. The lowest BCUT2D eigenvalue weighted by Crippen LogP contribution is -2.20. The molecule has 1 amide bonds. The first-order chi connectivity index (χ1) is 13.4. The lowest BCUT2D eigenvalue weighted by atomic mass is 10.2. The van der Waals surface area contributed by atoms with Crippen LogP contribution in [0.25, 0.3) is 11.5 Å². The van der Waals surface area contributed by atoms with Crippen LogP contribution in [0.1, 0.15) is 23.9 Å². The van der Waals surface area contributed by atoms with Crippen LogP contribution in [-0.2, 0) is 21.1 Å². The summed E-state index contributed by atoms with van der Waals surface area (Å²) in [6, 6.07) is 10.9. The number of anilines is 1. The van der Waals surface area contributed by atoms with Crippen LogP contribution in [0, 0.1) is 6.92 Å². The van der Waals surface area contributed by atoms with Crippen LogP contribution in [0.4, 0.5) is 5.82 Å². The monoisotopic (exact) mass is 400 g/mol. The van der Waals surface area contributed by atoms with E-state index in [-0.39, 0.29) is 29.9 Å². The molecule has 1 atom stereocenters. The molecular formula is C19H20N4O4S. The molecule has 1 unspecified atom stereocenters. The molecule has 4 rings (SSSR count). The van der Waals surface area contributed by atoms with Crippen molar-refractivity contribution in [2.75, 3.05) is 16.8 Å². The zero-order valence-corrected chi connectivity index (χ0v) is 16.1. The predicted molar refractivity (Wildman–Crippen MR) is 104 cm³/mol. The molecule has 0 radical (unpaired) electrons. The molecule has 3 heterocycles. The molecule has 0 saturated carbocycles. The van der Waals surface area contributed by atoms with Gasteiger partial charge in [0.15, 0.2) is 9.84 Å². The summed E-state index contributed by atoms with van der Waals surface area (Å²) >= 11 is 0. The minimum atomic E-state index is -3.05. The number of rotatable bonds is 5. The minimum Gasteiger partial charge on any atom is -0.444 e. The summed E-state index contributed by atoms with van der Waals surface area (Å²) in [5, 5.41) is 7.18. The number of sulfone groups is 1. The molecule has 2 aromatic heterocycles. The number of aromatic nitrogens is 3. The quantitative estimate of drug-likeness (QED) is 0.705. The highest BCUT2D eigenvalue weighted by Gasteiger charge is 2.31. The van der Waals surface area contributed by atoms with Crippen LogP contribution in [0.2, 0.25) is 0 Å². The maximum absolute atomic E-state index is 12.5. The standard InChI is InChI=1S/C19H20N4O4S/c1-13-9-17(23(22-13)16-7-8-28(25,26)12-16)21-18(24)10-15-11-27-19(20-15)14-5-3-2-4-6-14/h2-6,9,11,16H,7-8,10,12H2,1H3,(H,21,24). The first-order valence-electron chi connectivity index (χ1n) is 8.96. The van der Waals surface area contributed by atoms with Crippen LogP contribution >= 0.6 is 0 Å². The van der Waals surface area contributed by atoms with E-state index in [1.807, 2.05) is 30.3 Å². The lowest BCUT2D eigenvalue weighted by Gasteiger charge is -2.13.